The molecule has 4 heteroatoms. The van der Waals surface area contributed by atoms with E-state index < -0.39 is 0 Å². The summed E-state index contributed by atoms with van der Waals surface area (Å²) in [5.74, 6) is 1.67. The topological polar surface area (TPSA) is 47.6 Å². The van der Waals surface area contributed by atoms with Crippen molar-refractivity contribution in [2.75, 3.05) is 20.3 Å². The molecule has 1 amide bonds. The lowest BCUT2D eigenvalue weighted by Gasteiger charge is -2.19. The predicted octanol–water partition coefficient (Wildman–Crippen LogP) is 3.70. The van der Waals surface area contributed by atoms with Gasteiger partial charge in [0.1, 0.15) is 11.5 Å². The molecule has 0 unspecified atom stereocenters. The van der Waals surface area contributed by atoms with Crippen LogP contribution >= 0.6 is 0 Å². The molecule has 26 heavy (non-hydrogen) atoms. The predicted molar refractivity (Wildman–Crippen MR) is 103 cm³/mol. The number of rotatable bonds is 8. The van der Waals surface area contributed by atoms with Crippen LogP contribution in [0.4, 0.5) is 0 Å². The Morgan fingerprint density at radius 1 is 1.12 bits per heavy atom. The SMILES string of the molecule is COc1cccc(CCCNC(=O)COc2cccc3c2CCCC3)c1. The maximum atomic E-state index is 12.0. The van der Waals surface area contributed by atoms with Gasteiger partial charge >= 0.3 is 0 Å². The maximum absolute atomic E-state index is 12.0. The third-order valence-electron chi connectivity index (χ3n) is 4.81. The Kier molecular flexibility index (Phi) is 6.53. The molecule has 0 radical (unpaired) electrons. The van der Waals surface area contributed by atoms with Gasteiger partial charge in [-0.1, -0.05) is 24.3 Å². The van der Waals surface area contributed by atoms with E-state index in [4.69, 9.17) is 9.47 Å². The van der Waals surface area contributed by atoms with Crippen molar-refractivity contribution >= 4 is 5.91 Å². The highest BCUT2D eigenvalue weighted by atomic mass is 16.5. The normalized spacial score (nSPS) is 13.0. The average Bonchev–Trinajstić information content (AvgIpc) is 2.69. The molecule has 0 spiro atoms. The van der Waals surface area contributed by atoms with Gasteiger partial charge in [0.05, 0.1) is 7.11 Å². The van der Waals surface area contributed by atoms with E-state index in [0.717, 1.165) is 37.2 Å². The van der Waals surface area contributed by atoms with E-state index in [2.05, 4.69) is 17.4 Å². The van der Waals surface area contributed by atoms with Crippen LogP contribution in [0.1, 0.15) is 36.0 Å². The number of methoxy groups -OCH3 is 1. The molecule has 1 aliphatic carbocycles. The Hall–Kier alpha value is -2.49. The molecule has 2 aromatic carbocycles. The monoisotopic (exact) mass is 353 g/mol. The number of amides is 1. The van der Waals surface area contributed by atoms with Crippen LogP contribution in [0.15, 0.2) is 42.5 Å². The molecule has 0 saturated carbocycles. The number of hydrogen-bond acceptors (Lipinski definition) is 3. The molecule has 0 fully saturated rings. The lowest BCUT2D eigenvalue weighted by atomic mass is 9.91. The van der Waals surface area contributed by atoms with E-state index >= 15 is 0 Å². The quantitative estimate of drug-likeness (QED) is 0.736. The standard InChI is InChI=1S/C22H27NO3/c1-25-19-11-4-7-17(15-19)8-6-14-23-22(24)16-26-21-13-5-10-18-9-2-3-12-20(18)21/h4-5,7,10-11,13,15H,2-3,6,8-9,12,14,16H2,1H3,(H,23,24). The Labute approximate surface area is 155 Å². The van der Waals surface area contributed by atoms with Crippen LogP contribution < -0.4 is 14.8 Å². The van der Waals surface area contributed by atoms with Crippen LogP contribution in [0, 0.1) is 0 Å². The zero-order valence-electron chi connectivity index (χ0n) is 15.4. The van der Waals surface area contributed by atoms with Gasteiger partial charge in [0.25, 0.3) is 5.91 Å². The highest BCUT2D eigenvalue weighted by molar-refractivity contribution is 5.77. The van der Waals surface area contributed by atoms with Gasteiger partial charge in [-0.25, -0.2) is 0 Å². The number of nitrogens with one attached hydrogen (secondary N) is 1. The molecule has 138 valence electrons. The number of carbonyl (C=O) groups excluding carboxylic acids is 1. The van der Waals surface area contributed by atoms with Crippen molar-refractivity contribution in [3.63, 3.8) is 0 Å². The molecule has 0 aromatic heterocycles. The molecule has 0 atom stereocenters. The van der Waals surface area contributed by atoms with Gasteiger partial charge in [-0.15, -0.1) is 0 Å². The fraction of sp³-hybridized carbons (Fsp3) is 0.409. The van der Waals surface area contributed by atoms with Crippen molar-refractivity contribution in [3.8, 4) is 11.5 Å². The van der Waals surface area contributed by atoms with Crippen LogP contribution in [-0.2, 0) is 24.1 Å². The number of benzene rings is 2. The van der Waals surface area contributed by atoms with E-state index in [1.807, 2.05) is 30.3 Å². The molecule has 1 N–H and O–H groups in total. The van der Waals surface area contributed by atoms with Crippen molar-refractivity contribution in [1.29, 1.82) is 0 Å². The molecule has 4 nitrogen and oxygen atoms in total. The summed E-state index contributed by atoms with van der Waals surface area (Å²) in [4.78, 5) is 12.0. The second kappa shape index (κ2) is 9.27. The van der Waals surface area contributed by atoms with E-state index in [1.165, 1.54) is 29.5 Å². The minimum absolute atomic E-state index is 0.0657. The third kappa shape index (κ3) is 5.01. The lowest BCUT2D eigenvalue weighted by Crippen LogP contribution is -2.30. The molecular formula is C22H27NO3. The largest absolute Gasteiger partial charge is 0.497 e. The number of ether oxygens (including phenoxy) is 2. The van der Waals surface area contributed by atoms with Crippen molar-refractivity contribution in [2.45, 2.75) is 38.5 Å². The molecule has 0 saturated heterocycles. The minimum atomic E-state index is -0.0657. The van der Waals surface area contributed by atoms with Gasteiger partial charge in [-0.2, -0.15) is 0 Å². The molecule has 0 aliphatic heterocycles. The van der Waals surface area contributed by atoms with Gasteiger partial charge in [0, 0.05) is 6.54 Å². The van der Waals surface area contributed by atoms with E-state index in [9.17, 15) is 4.79 Å². The summed E-state index contributed by atoms with van der Waals surface area (Å²) < 4.78 is 11.0. The van der Waals surface area contributed by atoms with Crippen molar-refractivity contribution in [1.82, 2.24) is 5.32 Å². The molecule has 0 heterocycles. The van der Waals surface area contributed by atoms with Gasteiger partial charge in [0.15, 0.2) is 6.61 Å². The Bertz CT molecular complexity index is 742. The Morgan fingerprint density at radius 2 is 1.96 bits per heavy atom. The zero-order chi connectivity index (χ0) is 18.2. The molecule has 0 bridgehead atoms. The fourth-order valence-electron chi connectivity index (χ4n) is 3.42. The second-order valence-electron chi connectivity index (χ2n) is 6.69. The first kappa shape index (κ1) is 18.3. The highest BCUT2D eigenvalue weighted by Gasteiger charge is 2.14. The van der Waals surface area contributed by atoms with Gasteiger partial charge < -0.3 is 14.8 Å². The lowest BCUT2D eigenvalue weighted by molar-refractivity contribution is -0.123. The van der Waals surface area contributed by atoms with Crippen LogP contribution in [0.2, 0.25) is 0 Å². The van der Waals surface area contributed by atoms with E-state index in [-0.39, 0.29) is 12.5 Å². The summed E-state index contributed by atoms with van der Waals surface area (Å²) in [6.07, 6.45) is 6.40. The van der Waals surface area contributed by atoms with E-state index in [0.29, 0.717) is 6.54 Å². The minimum Gasteiger partial charge on any atom is -0.497 e. The Morgan fingerprint density at radius 3 is 2.85 bits per heavy atom. The van der Waals surface area contributed by atoms with E-state index in [1.54, 1.807) is 7.11 Å². The molecule has 2 aromatic rings. The summed E-state index contributed by atoms with van der Waals surface area (Å²) in [7, 11) is 1.67. The van der Waals surface area contributed by atoms with Crippen LogP contribution in [0.25, 0.3) is 0 Å². The van der Waals surface area contributed by atoms with Crippen molar-refractivity contribution in [3.05, 3.63) is 59.2 Å². The summed E-state index contributed by atoms with van der Waals surface area (Å²) >= 11 is 0. The first-order valence-corrected chi connectivity index (χ1v) is 9.39. The highest BCUT2D eigenvalue weighted by Crippen LogP contribution is 2.29. The van der Waals surface area contributed by atoms with Crippen molar-refractivity contribution in [2.24, 2.45) is 0 Å². The van der Waals surface area contributed by atoms with Crippen molar-refractivity contribution < 1.29 is 14.3 Å². The maximum Gasteiger partial charge on any atom is 0.257 e. The first-order valence-electron chi connectivity index (χ1n) is 9.39. The second-order valence-corrected chi connectivity index (χ2v) is 6.69. The zero-order valence-corrected chi connectivity index (χ0v) is 15.4. The average molecular weight is 353 g/mol. The van der Waals surface area contributed by atoms with Gasteiger partial charge in [-0.3, -0.25) is 4.79 Å². The van der Waals surface area contributed by atoms with Crippen LogP contribution in [-0.4, -0.2) is 26.2 Å². The van der Waals surface area contributed by atoms with Crippen LogP contribution in [0.3, 0.4) is 0 Å². The summed E-state index contributed by atoms with van der Waals surface area (Å²) in [5.41, 5.74) is 3.86. The summed E-state index contributed by atoms with van der Waals surface area (Å²) in [6.45, 7) is 0.724. The summed E-state index contributed by atoms with van der Waals surface area (Å²) in [6, 6.07) is 14.2. The first-order chi connectivity index (χ1) is 12.8. The number of hydrogen-bond donors (Lipinski definition) is 1. The number of fused-ring (bicyclic) bond motifs is 1. The van der Waals surface area contributed by atoms with Gasteiger partial charge in [-0.05, 0) is 73.4 Å². The smallest absolute Gasteiger partial charge is 0.257 e. The summed E-state index contributed by atoms with van der Waals surface area (Å²) in [5, 5.41) is 2.94. The number of aryl methyl sites for hydroxylation is 2. The molecule has 3 rings (SSSR count). The third-order valence-corrected chi connectivity index (χ3v) is 4.81. The van der Waals surface area contributed by atoms with Gasteiger partial charge in [0.2, 0.25) is 0 Å². The Balaban J connectivity index is 1.39. The van der Waals surface area contributed by atoms with Crippen LogP contribution in [0.5, 0.6) is 11.5 Å². The number of carbonyl (C=O) groups is 1. The molecular weight excluding hydrogens is 326 g/mol. The fourth-order valence-corrected chi connectivity index (χ4v) is 3.42. The molecule has 1 aliphatic rings.